The maximum Gasteiger partial charge on any atom is 0.296 e. The van der Waals surface area contributed by atoms with E-state index in [0.717, 1.165) is 71.6 Å². The molecule has 0 radical (unpaired) electrons. The van der Waals surface area contributed by atoms with Crippen molar-refractivity contribution in [2.24, 2.45) is 10.2 Å². The molecule has 80 heavy (non-hydrogen) atoms. The number of aromatic nitrogens is 3. The number of allylic oxidation sites excluding steroid dienone is 2. The summed E-state index contributed by atoms with van der Waals surface area (Å²) in [4.78, 5) is 25.0. The number of fused-ring (bicyclic) bond motifs is 5. The molecule has 0 aliphatic heterocycles. The Hall–Kier alpha value is -8.95. The molecule has 2 aliphatic rings. The second-order valence-corrected chi connectivity index (χ2v) is 24.3. The molecule has 7 aromatic carbocycles. The van der Waals surface area contributed by atoms with Crippen molar-refractivity contribution in [2.45, 2.75) is 19.6 Å². The van der Waals surface area contributed by atoms with Crippen molar-refractivity contribution in [2.75, 3.05) is 10.7 Å². The number of hydrogen-bond acceptors (Lipinski definition) is 19. The average Bonchev–Trinajstić information content (AvgIpc) is 3.98. The van der Waals surface area contributed by atoms with Crippen molar-refractivity contribution in [3.63, 3.8) is 0 Å². The Morgan fingerprint density at radius 3 is 1.76 bits per heavy atom. The minimum Gasteiger partial charge on any atom is -0.356 e. The molecule has 0 saturated heterocycles. The number of carbonyl (C=O) groups is 2. The van der Waals surface area contributed by atoms with Gasteiger partial charge >= 0.3 is 0 Å². The summed E-state index contributed by atoms with van der Waals surface area (Å²) < 4.78 is 176. The van der Waals surface area contributed by atoms with E-state index in [1.54, 1.807) is 36.4 Å². The third-order valence-electron chi connectivity index (χ3n) is 12.2. The maximum atomic E-state index is 13.8. The number of para-hydroxylation sites is 1. The second kappa shape index (κ2) is 20.1. The highest BCUT2D eigenvalue weighted by Gasteiger charge is 2.34. The molecule has 0 unspecified atom stereocenters. The van der Waals surface area contributed by atoms with Crippen molar-refractivity contribution >= 4 is 136 Å². The number of rotatable bonds is 14. The number of ketones is 2. The molecule has 25 nitrogen and oxygen atoms in total. The van der Waals surface area contributed by atoms with E-state index in [0.29, 0.717) is 11.4 Å². The van der Waals surface area contributed by atoms with Crippen LogP contribution in [-0.4, -0.2) is 103 Å². The predicted molar refractivity (Wildman–Crippen MR) is 291 cm³/mol. The zero-order valence-electron chi connectivity index (χ0n) is 39.9. The Morgan fingerprint density at radius 1 is 0.487 bits per heavy atom. The number of nitrogens with zero attached hydrogens (tertiary/aromatic N) is 5. The van der Waals surface area contributed by atoms with E-state index in [4.69, 9.17) is 0 Å². The minimum atomic E-state index is -5.18. The van der Waals surface area contributed by atoms with Gasteiger partial charge in [0.2, 0.25) is 11.6 Å². The lowest BCUT2D eigenvalue weighted by molar-refractivity contribution is -0.108. The summed E-state index contributed by atoms with van der Waals surface area (Å²) >= 11 is 0. The number of carbonyl (C=O) groups excluding carboxylic acids is 2. The molecule has 0 atom stereocenters. The van der Waals surface area contributed by atoms with Gasteiger partial charge in [0, 0.05) is 44.9 Å². The van der Waals surface area contributed by atoms with Crippen LogP contribution >= 0.6 is 0 Å². The number of Topliss-reactive ketones (excluding diaryl/α,β-unsaturated/α-hetero) is 1. The van der Waals surface area contributed by atoms with Crippen LogP contribution in [0.15, 0.2) is 174 Å². The van der Waals surface area contributed by atoms with Crippen LogP contribution in [0, 0.1) is 0 Å². The van der Waals surface area contributed by atoms with Gasteiger partial charge in [-0.3, -0.25) is 32.4 Å². The van der Waals surface area contributed by atoms with Crippen LogP contribution in [0.1, 0.15) is 38.2 Å². The zero-order chi connectivity index (χ0) is 57.3. The van der Waals surface area contributed by atoms with Crippen molar-refractivity contribution in [3.05, 3.63) is 178 Å². The molecule has 8 N–H and O–H groups in total. The molecule has 0 bridgehead atoms. The Balaban J connectivity index is 0.942. The highest BCUT2D eigenvalue weighted by molar-refractivity contribution is 7.91. The van der Waals surface area contributed by atoms with Crippen LogP contribution in [0.25, 0.3) is 51.4 Å². The number of anilines is 3. The number of hydrogen-bond donors (Lipinski definition) is 8. The van der Waals surface area contributed by atoms with Gasteiger partial charge in [0.25, 0.3) is 50.6 Å². The lowest BCUT2D eigenvalue weighted by Gasteiger charge is -2.21. The Kier molecular flexibility index (Phi) is 13.6. The first-order valence-electron chi connectivity index (χ1n) is 22.6. The van der Waals surface area contributed by atoms with Crippen molar-refractivity contribution in [3.8, 4) is 5.69 Å². The summed E-state index contributed by atoms with van der Waals surface area (Å²) in [6.07, 6.45) is 4.02. The molecular weight excluding hydrogens is 1140 g/mol. The van der Waals surface area contributed by atoms with E-state index in [2.05, 4.69) is 36.6 Å². The average molecular weight is 1180 g/mol. The quantitative estimate of drug-likeness (QED) is 0.0337. The Labute approximate surface area is 452 Å². The second-order valence-electron chi connectivity index (χ2n) is 17.4. The third kappa shape index (κ3) is 10.9. The van der Waals surface area contributed by atoms with E-state index in [9.17, 15) is 74.4 Å². The summed E-state index contributed by atoms with van der Waals surface area (Å²) in [5.41, 5.74) is 3.88. The number of benzene rings is 7. The van der Waals surface area contributed by atoms with Gasteiger partial charge in [-0.1, -0.05) is 72.8 Å². The SMILES string of the molecule is O=C1C=C(NNc2ccc(/C=C\c3ccc(-n4nc5cc(S(=O)(=O)O)c6ccccc6c5n4)cc3S(=O)(=O)O)c(S(=O)(=O)O)c2)c2cc(S(=O)(=O)O)ccc2C1=NN=C1C(=O)c2ccc(Nc3ccccc3)cc2C=C1S(=O)(=O)O. The van der Waals surface area contributed by atoms with Gasteiger partial charge in [0.15, 0.2) is 5.71 Å². The van der Waals surface area contributed by atoms with Crippen LogP contribution < -0.4 is 16.2 Å². The molecule has 406 valence electrons. The summed E-state index contributed by atoms with van der Waals surface area (Å²) in [5, 5.41) is 19.9. The first-order valence-corrected chi connectivity index (χ1v) is 29.8. The van der Waals surface area contributed by atoms with Crippen LogP contribution in [-0.2, 0) is 55.4 Å². The van der Waals surface area contributed by atoms with Crippen LogP contribution in [0.2, 0.25) is 0 Å². The molecular formula is C50H34N8O17S5. The highest BCUT2D eigenvalue weighted by atomic mass is 32.2. The van der Waals surface area contributed by atoms with Crippen LogP contribution in [0.5, 0.6) is 0 Å². The monoisotopic (exact) mass is 1180 g/mol. The first-order chi connectivity index (χ1) is 37.6. The summed E-state index contributed by atoms with van der Waals surface area (Å²) in [5.74, 6) is -1.98. The van der Waals surface area contributed by atoms with Gasteiger partial charge < -0.3 is 16.2 Å². The number of hydrazine groups is 1. The van der Waals surface area contributed by atoms with E-state index in [1.165, 1.54) is 54.6 Å². The zero-order valence-corrected chi connectivity index (χ0v) is 44.0. The normalized spacial score (nSPS) is 15.3. The molecule has 0 amide bonds. The van der Waals surface area contributed by atoms with E-state index in [1.807, 2.05) is 0 Å². The van der Waals surface area contributed by atoms with Crippen molar-refractivity contribution < 1.29 is 74.4 Å². The van der Waals surface area contributed by atoms with Gasteiger partial charge in [-0.15, -0.1) is 20.4 Å². The van der Waals surface area contributed by atoms with Crippen LogP contribution in [0.4, 0.5) is 17.1 Å². The lowest BCUT2D eigenvalue weighted by atomic mass is 9.92. The van der Waals surface area contributed by atoms with Gasteiger partial charge in [-0.2, -0.15) is 46.9 Å². The molecule has 8 aromatic rings. The topological polar surface area (TPSA) is 398 Å². The van der Waals surface area contributed by atoms with E-state index >= 15 is 0 Å². The lowest BCUT2D eigenvalue weighted by Crippen LogP contribution is -2.29. The molecule has 30 heteroatoms. The largest absolute Gasteiger partial charge is 0.356 e. The molecule has 0 fully saturated rings. The summed E-state index contributed by atoms with van der Waals surface area (Å²) in [6.45, 7) is 0. The van der Waals surface area contributed by atoms with E-state index in [-0.39, 0.29) is 72.3 Å². The Bertz CT molecular complexity index is 4810. The molecule has 1 aromatic heterocycles. The fourth-order valence-corrected chi connectivity index (χ4v) is 11.9. The van der Waals surface area contributed by atoms with E-state index < -0.39 is 98.1 Å². The maximum absolute atomic E-state index is 13.8. The van der Waals surface area contributed by atoms with Crippen molar-refractivity contribution in [1.82, 2.24) is 20.4 Å². The molecule has 1 heterocycles. The summed E-state index contributed by atoms with van der Waals surface area (Å²) in [6, 6.07) is 30.1. The third-order valence-corrected chi connectivity index (χ3v) is 16.6. The molecule has 10 rings (SSSR count). The minimum absolute atomic E-state index is 0.00236. The first kappa shape index (κ1) is 54.4. The Morgan fingerprint density at radius 2 is 1.10 bits per heavy atom. The predicted octanol–water partition coefficient (Wildman–Crippen LogP) is 6.29. The number of nitrogens with one attached hydrogen (secondary N) is 3. The fraction of sp³-hybridized carbons (Fsp3) is 0. The van der Waals surface area contributed by atoms with Crippen molar-refractivity contribution in [1.29, 1.82) is 0 Å². The fourth-order valence-electron chi connectivity index (χ4n) is 8.57. The molecule has 0 saturated carbocycles. The smallest absolute Gasteiger partial charge is 0.296 e. The molecule has 0 spiro atoms. The van der Waals surface area contributed by atoms with Crippen LogP contribution in [0.3, 0.4) is 0 Å². The van der Waals surface area contributed by atoms with Gasteiger partial charge in [0.05, 0.1) is 22.0 Å². The highest BCUT2D eigenvalue weighted by Crippen LogP contribution is 2.34. The molecule has 2 aliphatic carbocycles. The van der Waals surface area contributed by atoms with Gasteiger partial charge in [-0.25, -0.2) is 0 Å². The standard InChI is InChI=1S/C50H34N8O17S5/c59-42-25-40(39-24-34(76(61,62)63)17-19-38(39)48(42)54-55-49-46(80(73,74)75)21-29-20-31(15-18-35(29)50(49)60)51-30-6-2-1-3-7-30)53-52-32-14-12-27(43(22-32)77(64,65)66)10-11-28-13-16-33(23-44(28)78(67,68)69)58-56-41-26-45(79(70,71)72)36-8-4-5-9-37(36)47(41)57-58/h1-26,51-53H,(H,61,62,63)(H,64,65,66)(H,67,68,69)(H,70,71,72)(H,73,74,75)/b11-10-,54-48?,55-49?. The van der Waals surface area contributed by atoms with Gasteiger partial charge in [0.1, 0.15) is 36.3 Å². The summed E-state index contributed by atoms with van der Waals surface area (Å²) in [7, 11) is -25.0. The van der Waals surface area contributed by atoms with Gasteiger partial charge in [-0.05, 0) is 95.6 Å².